The lowest BCUT2D eigenvalue weighted by Crippen LogP contribution is -2.36. The zero-order valence-corrected chi connectivity index (χ0v) is 16.5. The van der Waals surface area contributed by atoms with Gasteiger partial charge in [0, 0.05) is 35.6 Å². The Morgan fingerprint density at radius 1 is 1.16 bits per heavy atom. The Hall–Kier alpha value is -1.72. The van der Waals surface area contributed by atoms with Gasteiger partial charge in [-0.05, 0) is 73.8 Å². The van der Waals surface area contributed by atoms with Gasteiger partial charge in [0.15, 0.2) is 5.11 Å². The zero-order valence-electron chi connectivity index (χ0n) is 14.1. The molecule has 0 atom stereocenters. The molecule has 1 aliphatic carbocycles. The van der Waals surface area contributed by atoms with Crippen LogP contribution in [0.4, 0.5) is 5.69 Å². The van der Waals surface area contributed by atoms with E-state index in [2.05, 4.69) is 43.3 Å². The van der Waals surface area contributed by atoms with Crippen molar-refractivity contribution < 1.29 is 0 Å². The number of halogens is 1. The average molecular weight is 416 g/mol. The summed E-state index contributed by atoms with van der Waals surface area (Å²) in [5.74, 6) is 0. The number of anilines is 1. The molecule has 3 nitrogen and oxygen atoms in total. The van der Waals surface area contributed by atoms with Gasteiger partial charge in [-0.15, -0.1) is 0 Å². The van der Waals surface area contributed by atoms with E-state index >= 15 is 0 Å². The van der Waals surface area contributed by atoms with E-state index in [1.807, 2.05) is 36.5 Å². The molecule has 1 aliphatic rings. The van der Waals surface area contributed by atoms with Crippen LogP contribution in [-0.2, 0) is 6.54 Å². The first-order chi connectivity index (χ1) is 12.2. The lowest BCUT2D eigenvalue weighted by atomic mass is 9.99. The maximum atomic E-state index is 5.71. The second-order valence-electron chi connectivity index (χ2n) is 6.26. The third kappa shape index (κ3) is 5.65. The second kappa shape index (κ2) is 9.11. The molecule has 1 aromatic carbocycles. The Bertz CT molecular complexity index is 728. The van der Waals surface area contributed by atoms with Gasteiger partial charge in [-0.3, -0.25) is 4.98 Å². The fourth-order valence-electron chi connectivity index (χ4n) is 2.94. The highest BCUT2D eigenvalue weighted by Crippen LogP contribution is 2.20. The third-order valence-corrected chi connectivity index (χ3v) is 5.15. The molecule has 0 bridgehead atoms. The zero-order chi connectivity index (χ0) is 17.5. The second-order valence-corrected chi connectivity index (χ2v) is 7.56. The maximum absolute atomic E-state index is 5.71. The number of hydrogen-bond acceptors (Lipinski definition) is 2. The van der Waals surface area contributed by atoms with E-state index in [4.69, 9.17) is 12.2 Å². The summed E-state index contributed by atoms with van der Waals surface area (Å²) in [6, 6.07) is 12.1. The van der Waals surface area contributed by atoms with Gasteiger partial charge in [-0.25, -0.2) is 0 Å². The number of nitrogens with zero attached hydrogens (tertiary/aromatic N) is 2. The molecule has 0 radical (unpaired) electrons. The molecule has 25 heavy (non-hydrogen) atoms. The number of hydrogen-bond donors (Lipinski definition) is 1. The molecule has 1 heterocycles. The minimum absolute atomic E-state index is 0.748. The summed E-state index contributed by atoms with van der Waals surface area (Å²) in [7, 11) is 0. The van der Waals surface area contributed by atoms with Crippen molar-refractivity contribution in [3.05, 3.63) is 70.5 Å². The van der Waals surface area contributed by atoms with Gasteiger partial charge in [-0.1, -0.05) is 33.6 Å². The fourth-order valence-corrected chi connectivity index (χ4v) is 3.45. The molecule has 130 valence electrons. The smallest absolute Gasteiger partial charge is 0.174 e. The van der Waals surface area contributed by atoms with Gasteiger partial charge in [0.1, 0.15) is 0 Å². The molecule has 0 saturated heterocycles. The van der Waals surface area contributed by atoms with Crippen LogP contribution in [0.3, 0.4) is 0 Å². The SMILES string of the molecule is S=C(Nc1ccc(Br)cc1)N(CC1=CCCCC1)Cc1cccnc1. The van der Waals surface area contributed by atoms with E-state index < -0.39 is 0 Å². The molecule has 1 aromatic heterocycles. The molecule has 0 aliphatic heterocycles. The summed E-state index contributed by atoms with van der Waals surface area (Å²) < 4.78 is 1.06. The Labute approximate surface area is 163 Å². The van der Waals surface area contributed by atoms with Crippen LogP contribution in [-0.4, -0.2) is 21.5 Å². The largest absolute Gasteiger partial charge is 0.341 e. The monoisotopic (exact) mass is 415 g/mol. The van der Waals surface area contributed by atoms with Crippen LogP contribution in [0.2, 0.25) is 0 Å². The van der Waals surface area contributed by atoms with Crippen molar-refractivity contribution in [1.82, 2.24) is 9.88 Å². The van der Waals surface area contributed by atoms with E-state index in [-0.39, 0.29) is 0 Å². The molecule has 3 rings (SSSR count). The highest BCUT2D eigenvalue weighted by atomic mass is 79.9. The summed E-state index contributed by atoms with van der Waals surface area (Å²) in [5.41, 5.74) is 3.65. The van der Waals surface area contributed by atoms with Crippen molar-refractivity contribution in [2.45, 2.75) is 32.2 Å². The first-order valence-electron chi connectivity index (χ1n) is 8.59. The molecule has 0 saturated carbocycles. The Morgan fingerprint density at radius 2 is 2.00 bits per heavy atom. The molecule has 1 N–H and O–H groups in total. The number of allylic oxidation sites excluding steroid dienone is 1. The summed E-state index contributed by atoms with van der Waals surface area (Å²) in [4.78, 5) is 6.46. The number of aromatic nitrogens is 1. The van der Waals surface area contributed by atoms with Crippen molar-refractivity contribution in [2.75, 3.05) is 11.9 Å². The molecular formula is C20H22BrN3S. The predicted octanol–water partition coefficient (Wildman–Crippen LogP) is 5.54. The van der Waals surface area contributed by atoms with E-state index in [1.165, 1.54) is 36.8 Å². The Kier molecular flexibility index (Phi) is 6.59. The molecule has 5 heteroatoms. The number of nitrogens with one attached hydrogen (secondary N) is 1. The van der Waals surface area contributed by atoms with E-state index in [1.54, 1.807) is 6.20 Å². The highest BCUT2D eigenvalue weighted by Gasteiger charge is 2.14. The molecule has 0 unspecified atom stereocenters. The van der Waals surface area contributed by atoms with Gasteiger partial charge in [0.05, 0.1) is 0 Å². The summed E-state index contributed by atoms with van der Waals surface area (Å²) in [6.07, 6.45) is 11.0. The van der Waals surface area contributed by atoms with Gasteiger partial charge >= 0.3 is 0 Å². The van der Waals surface area contributed by atoms with Crippen molar-refractivity contribution >= 4 is 38.9 Å². The van der Waals surface area contributed by atoms with Crippen LogP contribution in [0.15, 0.2) is 64.9 Å². The highest BCUT2D eigenvalue weighted by molar-refractivity contribution is 9.10. The molecule has 0 fully saturated rings. The van der Waals surface area contributed by atoms with Gasteiger partial charge in [0.25, 0.3) is 0 Å². The normalized spacial score (nSPS) is 13.9. The lowest BCUT2D eigenvalue weighted by Gasteiger charge is -2.28. The van der Waals surface area contributed by atoms with Gasteiger partial charge < -0.3 is 10.2 Å². The van der Waals surface area contributed by atoms with Crippen LogP contribution in [0.5, 0.6) is 0 Å². The number of benzene rings is 1. The van der Waals surface area contributed by atoms with Crippen LogP contribution in [0.25, 0.3) is 0 Å². The predicted molar refractivity (Wildman–Crippen MR) is 112 cm³/mol. The Balaban J connectivity index is 1.72. The molecule has 2 aromatic rings. The first kappa shape index (κ1) is 18.1. The average Bonchev–Trinajstić information content (AvgIpc) is 2.65. The van der Waals surface area contributed by atoms with Crippen LogP contribution in [0, 0.1) is 0 Å². The van der Waals surface area contributed by atoms with Crippen LogP contribution < -0.4 is 5.32 Å². The summed E-state index contributed by atoms with van der Waals surface area (Å²) in [5, 5.41) is 4.12. The number of rotatable bonds is 5. The third-order valence-electron chi connectivity index (χ3n) is 4.26. The van der Waals surface area contributed by atoms with Crippen molar-refractivity contribution in [3.8, 4) is 0 Å². The first-order valence-corrected chi connectivity index (χ1v) is 9.79. The van der Waals surface area contributed by atoms with Crippen molar-refractivity contribution in [2.24, 2.45) is 0 Å². The van der Waals surface area contributed by atoms with E-state index in [9.17, 15) is 0 Å². The lowest BCUT2D eigenvalue weighted by molar-refractivity contribution is 0.440. The quantitative estimate of drug-likeness (QED) is 0.512. The Morgan fingerprint density at radius 3 is 2.68 bits per heavy atom. The minimum atomic E-state index is 0.748. The fraction of sp³-hybridized carbons (Fsp3) is 0.300. The van der Waals surface area contributed by atoms with Crippen molar-refractivity contribution in [1.29, 1.82) is 0 Å². The van der Waals surface area contributed by atoms with Crippen molar-refractivity contribution in [3.63, 3.8) is 0 Å². The number of thiocarbonyl (C=S) groups is 1. The van der Waals surface area contributed by atoms with Gasteiger partial charge in [-0.2, -0.15) is 0 Å². The minimum Gasteiger partial charge on any atom is -0.341 e. The van der Waals surface area contributed by atoms with E-state index in [0.717, 1.165) is 28.4 Å². The van der Waals surface area contributed by atoms with Gasteiger partial charge in [0.2, 0.25) is 0 Å². The van der Waals surface area contributed by atoms with E-state index in [0.29, 0.717) is 0 Å². The molecular weight excluding hydrogens is 394 g/mol. The molecule has 0 amide bonds. The standard InChI is InChI=1S/C20H22BrN3S/c21-18-8-10-19(11-9-18)23-20(25)24(14-16-5-2-1-3-6-16)15-17-7-4-12-22-13-17/h4-5,7-13H,1-3,6,14-15H2,(H,23,25). The summed E-state index contributed by atoms with van der Waals surface area (Å²) >= 11 is 9.18. The summed E-state index contributed by atoms with van der Waals surface area (Å²) in [6.45, 7) is 1.63. The molecule has 0 spiro atoms. The topological polar surface area (TPSA) is 28.2 Å². The van der Waals surface area contributed by atoms with Crippen LogP contribution in [0.1, 0.15) is 31.2 Å². The number of pyridine rings is 1. The van der Waals surface area contributed by atoms with Crippen LogP contribution >= 0.6 is 28.1 Å². The maximum Gasteiger partial charge on any atom is 0.174 e.